The third-order valence-corrected chi connectivity index (χ3v) is 4.17. The molecule has 6 heteroatoms. The molecule has 0 spiro atoms. The zero-order valence-corrected chi connectivity index (χ0v) is 12.0. The maximum atomic E-state index is 12.2. The fraction of sp³-hybridized carbons (Fsp3) is 0.692. The molecule has 1 fully saturated rings. The highest BCUT2D eigenvalue weighted by atomic mass is 32.1. The second kappa shape index (κ2) is 6.86. The van der Waals surface area contributed by atoms with Crippen LogP contribution < -0.4 is 5.32 Å². The Balaban J connectivity index is 1.91. The van der Waals surface area contributed by atoms with Crippen LogP contribution in [0.2, 0.25) is 0 Å². The standard InChI is InChI=1S/C13H21N3O2S/c1-2-11(10-3-4-10)15-13(18)16(6-7-17)9-12-14-5-8-19-12/h5,8,10-11,17H,2-4,6-7,9H2,1H3,(H,15,18)/t11-/m1/s1. The van der Waals surface area contributed by atoms with Crippen molar-refractivity contribution in [2.24, 2.45) is 5.92 Å². The van der Waals surface area contributed by atoms with E-state index in [0.29, 0.717) is 19.0 Å². The van der Waals surface area contributed by atoms with E-state index in [1.165, 1.54) is 24.2 Å². The minimum atomic E-state index is -0.0944. The van der Waals surface area contributed by atoms with E-state index in [1.54, 1.807) is 11.1 Å². The number of aromatic nitrogens is 1. The van der Waals surface area contributed by atoms with E-state index in [-0.39, 0.29) is 18.7 Å². The molecule has 106 valence electrons. The molecule has 1 heterocycles. The summed E-state index contributed by atoms with van der Waals surface area (Å²) in [6, 6.07) is 0.174. The van der Waals surface area contributed by atoms with Crippen LogP contribution in [0.5, 0.6) is 0 Å². The number of aliphatic hydroxyl groups is 1. The summed E-state index contributed by atoms with van der Waals surface area (Å²) in [5, 5.41) is 15.0. The highest BCUT2D eigenvalue weighted by Crippen LogP contribution is 2.33. The monoisotopic (exact) mass is 283 g/mol. The molecule has 5 nitrogen and oxygen atoms in total. The van der Waals surface area contributed by atoms with Crippen LogP contribution in [0.3, 0.4) is 0 Å². The lowest BCUT2D eigenvalue weighted by atomic mass is 10.1. The van der Waals surface area contributed by atoms with Gasteiger partial charge in [-0.1, -0.05) is 6.92 Å². The summed E-state index contributed by atoms with van der Waals surface area (Å²) in [5.41, 5.74) is 0. The lowest BCUT2D eigenvalue weighted by Crippen LogP contribution is -2.46. The number of thiazole rings is 1. The predicted molar refractivity (Wildman–Crippen MR) is 74.9 cm³/mol. The van der Waals surface area contributed by atoms with Gasteiger partial charge in [0.25, 0.3) is 0 Å². The van der Waals surface area contributed by atoms with Gasteiger partial charge in [-0.15, -0.1) is 11.3 Å². The topological polar surface area (TPSA) is 65.5 Å². The van der Waals surface area contributed by atoms with Gasteiger partial charge in [-0.25, -0.2) is 9.78 Å². The van der Waals surface area contributed by atoms with Crippen molar-refractivity contribution >= 4 is 17.4 Å². The minimum absolute atomic E-state index is 0.0288. The number of nitrogens with zero attached hydrogens (tertiary/aromatic N) is 2. The Morgan fingerprint density at radius 1 is 1.68 bits per heavy atom. The molecule has 2 N–H and O–H groups in total. The van der Waals surface area contributed by atoms with Gasteiger partial charge in [0.05, 0.1) is 13.2 Å². The Hall–Kier alpha value is -1.14. The third-order valence-electron chi connectivity index (χ3n) is 3.41. The molecular formula is C13H21N3O2S. The largest absolute Gasteiger partial charge is 0.395 e. The van der Waals surface area contributed by atoms with Gasteiger partial charge in [-0.2, -0.15) is 0 Å². The van der Waals surface area contributed by atoms with Gasteiger partial charge in [-0.3, -0.25) is 0 Å². The van der Waals surface area contributed by atoms with Crippen LogP contribution in [-0.4, -0.2) is 40.2 Å². The molecular weight excluding hydrogens is 262 g/mol. The predicted octanol–water partition coefficient (Wildman–Crippen LogP) is 1.84. The average Bonchev–Trinajstić information content (AvgIpc) is 3.13. The van der Waals surface area contributed by atoms with Crippen molar-refractivity contribution in [3.8, 4) is 0 Å². The molecule has 0 aliphatic heterocycles. The Labute approximate surface area is 117 Å². The van der Waals surface area contributed by atoms with Crippen molar-refractivity contribution in [2.45, 2.75) is 38.8 Å². The van der Waals surface area contributed by atoms with Crippen molar-refractivity contribution in [1.82, 2.24) is 15.2 Å². The van der Waals surface area contributed by atoms with Gasteiger partial charge in [-0.05, 0) is 25.2 Å². The molecule has 1 aromatic rings. The molecule has 0 saturated heterocycles. The van der Waals surface area contributed by atoms with E-state index in [1.807, 2.05) is 5.38 Å². The van der Waals surface area contributed by atoms with E-state index in [0.717, 1.165) is 11.4 Å². The van der Waals surface area contributed by atoms with E-state index in [2.05, 4.69) is 17.2 Å². The molecule has 1 aromatic heterocycles. The third kappa shape index (κ3) is 4.18. The van der Waals surface area contributed by atoms with Crippen molar-refractivity contribution in [3.05, 3.63) is 16.6 Å². The van der Waals surface area contributed by atoms with Crippen molar-refractivity contribution in [2.75, 3.05) is 13.2 Å². The molecule has 1 atom stereocenters. The van der Waals surface area contributed by atoms with Crippen molar-refractivity contribution < 1.29 is 9.90 Å². The van der Waals surface area contributed by atoms with E-state index < -0.39 is 0 Å². The van der Waals surface area contributed by atoms with E-state index in [4.69, 9.17) is 5.11 Å². The van der Waals surface area contributed by atoms with Gasteiger partial charge < -0.3 is 15.3 Å². The Morgan fingerprint density at radius 3 is 3.00 bits per heavy atom. The molecule has 1 aliphatic carbocycles. The Morgan fingerprint density at radius 2 is 2.47 bits per heavy atom. The fourth-order valence-electron chi connectivity index (χ4n) is 2.17. The Bertz CT molecular complexity index is 393. The lowest BCUT2D eigenvalue weighted by Gasteiger charge is -2.25. The van der Waals surface area contributed by atoms with Crippen LogP contribution in [0.4, 0.5) is 4.79 Å². The molecule has 1 aliphatic rings. The van der Waals surface area contributed by atoms with Crippen LogP contribution in [0.15, 0.2) is 11.6 Å². The second-order valence-electron chi connectivity index (χ2n) is 4.87. The maximum Gasteiger partial charge on any atom is 0.318 e. The molecule has 1 saturated carbocycles. The van der Waals surface area contributed by atoms with Gasteiger partial charge in [0.15, 0.2) is 0 Å². The number of amides is 2. The fourth-order valence-corrected chi connectivity index (χ4v) is 2.80. The molecule has 0 unspecified atom stereocenters. The number of hydrogen-bond acceptors (Lipinski definition) is 4. The Kier molecular flexibility index (Phi) is 5.15. The van der Waals surface area contributed by atoms with Crippen LogP contribution in [0.1, 0.15) is 31.2 Å². The summed E-state index contributed by atoms with van der Waals surface area (Å²) >= 11 is 1.52. The van der Waals surface area contributed by atoms with Gasteiger partial charge in [0.1, 0.15) is 5.01 Å². The normalized spacial score (nSPS) is 16.1. The van der Waals surface area contributed by atoms with Crippen molar-refractivity contribution in [1.29, 1.82) is 0 Å². The smallest absolute Gasteiger partial charge is 0.318 e. The van der Waals surface area contributed by atoms with Crippen LogP contribution in [0, 0.1) is 5.92 Å². The summed E-state index contributed by atoms with van der Waals surface area (Å²) in [4.78, 5) is 18.1. The van der Waals surface area contributed by atoms with E-state index in [9.17, 15) is 4.79 Å². The molecule has 0 aromatic carbocycles. The van der Waals surface area contributed by atoms with Gasteiger partial charge in [0.2, 0.25) is 0 Å². The number of carbonyl (C=O) groups is 1. The summed E-state index contributed by atoms with van der Waals surface area (Å²) in [7, 11) is 0. The number of urea groups is 1. The number of rotatable bonds is 7. The average molecular weight is 283 g/mol. The first-order valence-electron chi connectivity index (χ1n) is 6.79. The minimum Gasteiger partial charge on any atom is -0.395 e. The SMILES string of the molecule is CC[C@@H](NC(=O)N(CCO)Cc1nccs1)C1CC1. The van der Waals surface area contributed by atoms with Gasteiger partial charge in [0, 0.05) is 24.2 Å². The number of hydrogen-bond donors (Lipinski definition) is 2. The first-order valence-corrected chi connectivity index (χ1v) is 7.67. The first-order chi connectivity index (χ1) is 9.24. The molecule has 2 rings (SSSR count). The zero-order chi connectivity index (χ0) is 13.7. The summed E-state index contributed by atoms with van der Waals surface area (Å²) in [6.45, 7) is 2.87. The number of aliphatic hydroxyl groups excluding tert-OH is 1. The van der Waals surface area contributed by atoms with Gasteiger partial charge >= 0.3 is 6.03 Å². The lowest BCUT2D eigenvalue weighted by molar-refractivity contribution is 0.169. The summed E-state index contributed by atoms with van der Waals surface area (Å²) < 4.78 is 0. The number of carbonyl (C=O) groups excluding carboxylic acids is 1. The first kappa shape index (κ1) is 14.3. The van der Waals surface area contributed by atoms with Crippen LogP contribution in [0.25, 0.3) is 0 Å². The van der Waals surface area contributed by atoms with E-state index >= 15 is 0 Å². The molecule has 2 amide bonds. The zero-order valence-electron chi connectivity index (χ0n) is 11.2. The highest BCUT2D eigenvalue weighted by molar-refractivity contribution is 7.09. The summed E-state index contributed by atoms with van der Waals surface area (Å²) in [5.74, 6) is 0.643. The second-order valence-corrected chi connectivity index (χ2v) is 5.85. The highest BCUT2D eigenvalue weighted by Gasteiger charge is 2.31. The molecule has 0 radical (unpaired) electrons. The van der Waals surface area contributed by atoms with Crippen molar-refractivity contribution in [3.63, 3.8) is 0 Å². The van der Waals surface area contributed by atoms with Crippen LogP contribution in [-0.2, 0) is 6.54 Å². The summed E-state index contributed by atoms with van der Waals surface area (Å²) in [6.07, 6.45) is 5.12. The molecule has 19 heavy (non-hydrogen) atoms. The van der Waals surface area contributed by atoms with Crippen LogP contribution >= 0.6 is 11.3 Å². The maximum absolute atomic E-state index is 12.2. The number of nitrogens with one attached hydrogen (secondary N) is 1. The quantitative estimate of drug-likeness (QED) is 0.802. The molecule has 0 bridgehead atoms.